The van der Waals surface area contributed by atoms with Crippen LogP contribution in [0.4, 0.5) is 0 Å². The number of nitrogens with zero attached hydrogens (tertiary/aromatic N) is 1. The molecule has 0 spiro atoms. The van der Waals surface area contributed by atoms with Gasteiger partial charge in [0.1, 0.15) is 0 Å². The summed E-state index contributed by atoms with van der Waals surface area (Å²) in [5.41, 5.74) is 7.40. The van der Waals surface area contributed by atoms with Crippen molar-refractivity contribution >= 4 is 22.5 Å². The molecular weight excluding hydrogens is 224 g/mol. The van der Waals surface area contributed by atoms with E-state index in [-0.39, 0.29) is 0 Å². The molecule has 0 aliphatic carbocycles. The summed E-state index contributed by atoms with van der Waals surface area (Å²) in [5.74, 6) is 0. The van der Waals surface area contributed by atoms with Crippen LogP contribution in [0.3, 0.4) is 0 Å². The number of hydrogen-bond donors (Lipinski definition) is 2. The lowest BCUT2D eigenvalue weighted by Crippen LogP contribution is -2.06. The Bertz CT molecular complexity index is 507. The van der Waals surface area contributed by atoms with Crippen LogP contribution in [0.15, 0.2) is 24.4 Å². The largest absolute Gasteiger partial charge is 0.388 e. The molecule has 1 aromatic carbocycles. The Morgan fingerprint density at radius 1 is 1.50 bits per heavy atom. The summed E-state index contributed by atoms with van der Waals surface area (Å²) in [6.45, 7) is 0.477. The molecule has 1 heterocycles. The van der Waals surface area contributed by atoms with Gasteiger partial charge in [0.25, 0.3) is 0 Å². The Hall–Kier alpha value is -1.03. The summed E-state index contributed by atoms with van der Waals surface area (Å²) in [5, 5.41) is 11.7. The fourth-order valence-corrected chi connectivity index (χ4v) is 2.13. The van der Waals surface area contributed by atoms with Crippen molar-refractivity contribution in [3.8, 4) is 0 Å². The van der Waals surface area contributed by atoms with Crippen molar-refractivity contribution in [3.63, 3.8) is 0 Å². The maximum atomic E-state index is 9.97. The number of hydrogen-bond acceptors (Lipinski definition) is 2. The van der Waals surface area contributed by atoms with Gasteiger partial charge in [0, 0.05) is 34.7 Å². The molecule has 0 radical (unpaired) electrons. The molecule has 0 fully saturated rings. The third-order valence-corrected chi connectivity index (χ3v) is 3.02. The number of aliphatic hydroxyl groups is 1. The van der Waals surface area contributed by atoms with Gasteiger partial charge in [0.15, 0.2) is 0 Å². The van der Waals surface area contributed by atoms with Gasteiger partial charge in [0.2, 0.25) is 0 Å². The Kier molecular flexibility index (Phi) is 3.19. The van der Waals surface area contributed by atoms with E-state index in [0.29, 0.717) is 18.0 Å². The van der Waals surface area contributed by atoms with Gasteiger partial charge < -0.3 is 15.4 Å². The van der Waals surface area contributed by atoms with E-state index in [2.05, 4.69) is 0 Å². The van der Waals surface area contributed by atoms with Crippen molar-refractivity contribution < 1.29 is 5.11 Å². The lowest BCUT2D eigenvalue weighted by atomic mass is 10.1. The Morgan fingerprint density at radius 2 is 2.25 bits per heavy atom. The fraction of sp³-hybridized carbons (Fsp3) is 0.333. The second-order valence-corrected chi connectivity index (χ2v) is 4.39. The van der Waals surface area contributed by atoms with Gasteiger partial charge in [-0.15, -0.1) is 0 Å². The molecule has 2 rings (SSSR count). The van der Waals surface area contributed by atoms with Crippen LogP contribution in [-0.4, -0.2) is 16.2 Å². The predicted molar refractivity (Wildman–Crippen MR) is 66.6 cm³/mol. The number of aromatic nitrogens is 1. The first-order chi connectivity index (χ1) is 7.63. The minimum atomic E-state index is -0.505. The highest BCUT2D eigenvalue weighted by molar-refractivity contribution is 6.31. The zero-order chi connectivity index (χ0) is 11.7. The molecule has 0 amide bonds. The molecule has 0 aliphatic rings. The molecule has 16 heavy (non-hydrogen) atoms. The zero-order valence-electron chi connectivity index (χ0n) is 9.15. The predicted octanol–water partition coefficient (Wildman–Crippen LogP) is 2.21. The average molecular weight is 239 g/mol. The summed E-state index contributed by atoms with van der Waals surface area (Å²) < 4.78 is 1.97. The Balaban J connectivity index is 2.55. The van der Waals surface area contributed by atoms with Gasteiger partial charge in [-0.1, -0.05) is 17.7 Å². The van der Waals surface area contributed by atoms with Crippen molar-refractivity contribution in [1.29, 1.82) is 0 Å². The van der Waals surface area contributed by atoms with E-state index in [1.54, 1.807) is 0 Å². The number of aryl methyl sites for hydroxylation is 1. The van der Waals surface area contributed by atoms with Crippen molar-refractivity contribution in [2.24, 2.45) is 12.8 Å². The third kappa shape index (κ3) is 1.94. The number of aliphatic hydroxyl groups excluding tert-OH is 1. The second kappa shape index (κ2) is 4.45. The van der Waals surface area contributed by atoms with Gasteiger partial charge >= 0.3 is 0 Å². The first-order valence-corrected chi connectivity index (χ1v) is 5.64. The summed E-state index contributed by atoms with van der Waals surface area (Å²) in [6.07, 6.45) is 2.00. The first kappa shape index (κ1) is 11.5. The van der Waals surface area contributed by atoms with E-state index in [1.807, 2.05) is 36.0 Å². The van der Waals surface area contributed by atoms with Crippen LogP contribution in [0.5, 0.6) is 0 Å². The highest BCUT2D eigenvalue weighted by Crippen LogP contribution is 2.29. The van der Waals surface area contributed by atoms with Crippen LogP contribution in [0, 0.1) is 0 Å². The van der Waals surface area contributed by atoms with Crippen molar-refractivity contribution in [1.82, 2.24) is 4.57 Å². The molecule has 0 aliphatic heterocycles. The minimum Gasteiger partial charge on any atom is -0.388 e. The highest BCUT2D eigenvalue weighted by atomic mass is 35.5. The number of fused-ring (bicyclic) bond motifs is 1. The van der Waals surface area contributed by atoms with E-state index in [1.165, 1.54) is 0 Å². The van der Waals surface area contributed by atoms with Gasteiger partial charge in [-0.05, 0) is 25.1 Å². The maximum absolute atomic E-state index is 9.97. The van der Waals surface area contributed by atoms with Crippen molar-refractivity contribution in [2.75, 3.05) is 6.54 Å². The molecule has 3 nitrogen and oxygen atoms in total. The molecule has 2 aromatic rings. The molecule has 1 aromatic heterocycles. The summed E-state index contributed by atoms with van der Waals surface area (Å²) in [4.78, 5) is 0. The lowest BCUT2D eigenvalue weighted by Gasteiger charge is -2.07. The molecule has 0 saturated carbocycles. The van der Waals surface area contributed by atoms with E-state index < -0.39 is 6.10 Å². The van der Waals surface area contributed by atoms with Crippen LogP contribution in [-0.2, 0) is 7.05 Å². The molecule has 0 saturated heterocycles. The molecule has 4 heteroatoms. The van der Waals surface area contributed by atoms with Crippen LogP contribution in [0.2, 0.25) is 5.02 Å². The molecule has 1 unspecified atom stereocenters. The Labute approximate surface area is 99.4 Å². The number of halogens is 1. The SMILES string of the molecule is Cn1cc(C(O)CCN)c2ccc(Cl)cc21. The molecule has 0 bridgehead atoms. The van der Waals surface area contributed by atoms with Gasteiger partial charge in [-0.25, -0.2) is 0 Å². The van der Waals surface area contributed by atoms with Gasteiger partial charge in [-0.2, -0.15) is 0 Å². The zero-order valence-corrected chi connectivity index (χ0v) is 9.91. The van der Waals surface area contributed by atoms with Gasteiger partial charge in [0.05, 0.1) is 6.10 Å². The monoisotopic (exact) mass is 238 g/mol. The van der Waals surface area contributed by atoms with E-state index in [4.69, 9.17) is 17.3 Å². The molecule has 86 valence electrons. The smallest absolute Gasteiger partial charge is 0.0822 e. The summed E-state index contributed by atoms with van der Waals surface area (Å²) in [7, 11) is 1.94. The second-order valence-electron chi connectivity index (χ2n) is 3.95. The lowest BCUT2D eigenvalue weighted by molar-refractivity contribution is 0.171. The third-order valence-electron chi connectivity index (χ3n) is 2.78. The number of nitrogens with two attached hydrogens (primary N) is 1. The van der Waals surface area contributed by atoms with Crippen LogP contribution >= 0.6 is 11.6 Å². The molecular formula is C12H15ClN2O. The van der Waals surface area contributed by atoms with E-state index >= 15 is 0 Å². The number of rotatable bonds is 3. The topological polar surface area (TPSA) is 51.2 Å². The summed E-state index contributed by atoms with van der Waals surface area (Å²) in [6, 6.07) is 5.67. The highest BCUT2D eigenvalue weighted by Gasteiger charge is 2.13. The number of benzene rings is 1. The Morgan fingerprint density at radius 3 is 2.94 bits per heavy atom. The first-order valence-electron chi connectivity index (χ1n) is 5.26. The normalized spacial score (nSPS) is 13.2. The van der Waals surface area contributed by atoms with Crippen LogP contribution in [0.25, 0.3) is 10.9 Å². The maximum Gasteiger partial charge on any atom is 0.0822 e. The average Bonchev–Trinajstić information content (AvgIpc) is 2.56. The van der Waals surface area contributed by atoms with E-state index in [0.717, 1.165) is 16.5 Å². The standard InChI is InChI=1S/C12H15ClN2O/c1-15-7-10(12(16)4-5-14)9-3-2-8(13)6-11(9)15/h2-3,6-7,12,16H,4-5,14H2,1H3. The minimum absolute atomic E-state index is 0.477. The molecule has 1 atom stereocenters. The fourth-order valence-electron chi connectivity index (χ4n) is 1.97. The van der Waals surface area contributed by atoms with Crippen LogP contribution in [0.1, 0.15) is 18.1 Å². The molecule has 3 N–H and O–H groups in total. The van der Waals surface area contributed by atoms with E-state index in [9.17, 15) is 5.11 Å². The van der Waals surface area contributed by atoms with Gasteiger partial charge in [-0.3, -0.25) is 0 Å². The van der Waals surface area contributed by atoms with Crippen molar-refractivity contribution in [3.05, 3.63) is 35.0 Å². The van der Waals surface area contributed by atoms with Crippen LogP contribution < -0.4 is 5.73 Å². The quantitative estimate of drug-likeness (QED) is 0.862. The van der Waals surface area contributed by atoms with Crippen molar-refractivity contribution in [2.45, 2.75) is 12.5 Å². The summed E-state index contributed by atoms with van der Waals surface area (Å²) >= 11 is 5.94.